The van der Waals surface area contributed by atoms with Crippen molar-refractivity contribution < 1.29 is 28.6 Å². The van der Waals surface area contributed by atoms with Crippen LogP contribution in [-0.2, 0) is 25.1 Å². The molecule has 2 atom stereocenters. The summed E-state index contributed by atoms with van der Waals surface area (Å²) < 4.78 is 29.8. The highest BCUT2D eigenvalue weighted by Gasteiger charge is 2.18. The molecule has 12 nitrogen and oxygen atoms in total. The Labute approximate surface area is 245 Å². The Hall–Kier alpha value is -1.82. The van der Waals surface area contributed by atoms with E-state index in [1.807, 2.05) is 0 Å². The first kappa shape index (κ1) is 35.4. The third-order valence-corrected chi connectivity index (χ3v) is 7.98. The smallest absolute Gasteiger partial charge is 0.224 e. The molecular formula is C28H52N6O6P-. The number of imidazole rings is 1. The second-order valence-electron chi connectivity index (χ2n) is 10.6. The zero-order valence-corrected chi connectivity index (χ0v) is 25.8. The maximum absolute atomic E-state index is 12.2. The van der Waals surface area contributed by atoms with E-state index in [1.165, 1.54) is 83.4 Å². The number of aliphatic hydroxyl groups is 1. The third kappa shape index (κ3) is 15.3. The SMILES string of the molecule is CCCCCCCCCCCCCCCCOCCCOP(=O)([O-])CO[C@H](CO)Cn1cnc2c(N)nc(N)nc21. The lowest BCUT2D eigenvalue weighted by molar-refractivity contribution is -0.205. The fourth-order valence-electron chi connectivity index (χ4n) is 4.60. The summed E-state index contributed by atoms with van der Waals surface area (Å²) in [5.74, 6) is 0.119. The first-order valence-electron chi connectivity index (χ1n) is 15.3. The third-order valence-electron chi connectivity index (χ3n) is 6.94. The standard InChI is InChI=1S/C28H53N6O6P/c1-2-3-4-5-6-7-8-9-10-11-12-13-14-15-17-38-18-16-19-40-41(36,37)23-39-24(21-35)20-34-22-31-25-26(29)32-28(30)33-27(25)34/h22,24,35H,2-21,23H2,1H3,(H,36,37)(H4,29,30,32,33)/p-1/t24-/m0/s1. The van der Waals surface area contributed by atoms with Crippen molar-refractivity contribution >= 4 is 30.5 Å². The molecule has 0 fully saturated rings. The number of aromatic nitrogens is 4. The lowest BCUT2D eigenvalue weighted by Crippen LogP contribution is -2.26. The number of hydrogen-bond acceptors (Lipinski definition) is 11. The van der Waals surface area contributed by atoms with Crippen LogP contribution >= 0.6 is 7.60 Å². The topological polar surface area (TPSA) is 184 Å². The Kier molecular flexibility index (Phi) is 18.1. The Balaban J connectivity index is 1.44. The van der Waals surface area contributed by atoms with Gasteiger partial charge in [0.25, 0.3) is 0 Å². The van der Waals surface area contributed by atoms with Crippen molar-refractivity contribution in [1.82, 2.24) is 19.5 Å². The van der Waals surface area contributed by atoms with Crippen LogP contribution in [0.15, 0.2) is 6.33 Å². The van der Waals surface area contributed by atoms with Crippen LogP contribution in [0.4, 0.5) is 11.8 Å². The molecule has 41 heavy (non-hydrogen) atoms. The maximum atomic E-state index is 12.2. The molecule has 13 heteroatoms. The largest absolute Gasteiger partial charge is 0.777 e. The number of rotatable bonds is 26. The minimum Gasteiger partial charge on any atom is -0.777 e. The molecule has 236 valence electrons. The van der Waals surface area contributed by atoms with Gasteiger partial charge in [0.1, 0.15) is 11.9 Å². The van der Waals surface area contributed by atoms with Gasteiger partial charge in [-0.2, -0.15) is 9.97 Å². The van der Waals surface area contributed by atoms with Crippen LogP contribution in [0.2, 0.25) is 0 Å². The Morgan fingerprint density at radius 2 is 1.49 bits per heavy atom. The highest BCUT2D eigenvalue weighted by molar-refractivity contribution is 7.51. The minimum absolute atomic E-state index is 0.0146. The first-order valence-corrected chi connectivity index (χ1v) is 17.1. The molecule has 0 aliphatic rings. The molecule has 2 heterocycles. The number of anilines is 2. The Morgan fingerprint density at radius 1 is 0.902 bits per heavy atom. The molecule has 0 aromatic carbocycles. The van der Waals surface area contributed by atoms with Crippen molar-refractivity contribution in [3.63, 3.8) is 0 Å². The van der Waals surface area contributed by atoms with Crippen molar-refractivity contribution in [2.45, 2.75) is 116 Å². The fourth-order valence-corrected chi connectivity index (χ4v) is 5.47. The second-order valence-corrected chi connectivity index (χ2v) is 12.4. The van der Waals surface area contributed by atoms with E-state index in [0.29, 0.717) is 30.8 Å². The van der Waals surface area contributed by atoms with Gasteiger partial charge in [-0.15, -0.1) is 0 Å². The first-order chi connectivity index (χ1) is 19.9. The molecule has 0 saturated heterocycles. The van der Waals surface area contributed by atoms with Gasteiger partial charge in [0.2, 0.25) is 5.95 Å². The number of hydrogen-bond donors (Lipinski definition) is 3. The predicted molar refractivity (Wildman–Crippen MR) is 160 cm³/mol. The van der Waals surface area contributed by atoms with Crippen LogP contribution in [-0.4, -0.2) is 63.5 Å². The van der Waals surface area contributed by atoms with Crippen molar-refractivity contribution in [3.8, 4) is 0 Å². The van der Waals surface area contributed by atoms with Crippen LogP contribution in [0, 0.1) is 0 Å². The highest BCUT2D eigenvalue weighted by Crippen LogP contribution is 2.37. The van der Waals surface area contributed by atoms with Crippen molar-refractivity contribution in [3.05, 3.63) is 6.33 Å². The molecule has 1 unspecified atom stereocenters. The number of fused-ring (bicyclic) bond motifs is 1. The van der Waals surface area contributed by atoms with Crippen LogP contribution in [0.3, 0.4) is 0 Å². The summed E-state index contributed by atoms with van der Waals surface area (Å²) in [6.07, 6.45) is 18.9. The number of nitrogens with zero attached hydrogens (tertiary/aromatic N) is 4. The molecule has 2 aromatic heterocycles. The van der Waals surface area contributed by atoms with Crippen molar-refractivity contribution in [2.24, 2.45) is 0 Å². The molecular weight excluding hydrogens is 547 g/mol. The predicted octanol–water partition coefficient (Wildman–Crippen LogP) is 4.78. The van der Waals surface area contributed by atoms with Crippen molar-refractivity contribution in [1.29, 1.82) is 0 Å². The lowest BCUT2D eigenvalue weighted by atomic mass is 10.0. The van der Waals surface area contributed by atoms with Gasteiger partial charge >= 0.3 is 0 Å². The lowest BCUT2D eigenvalue weighted by Gasteiger charge is -2.25. The molecule has 0 aliphatic carbocycles. The van der Waals surface area contributed by atoms with E-state index in [-0.39, 0.29) is 24.9 Å². The maximum Gasteiger partial charge on any atom is 0.224 e. The molecule has 0 aliphatic heterocycles. The summed E-state index contributed by atoms with van der Waals surface area (Å²) in [5, 5.41) is 9.66. The molecule has 0 saturated carbocycles. The van der Waals surface area contributed by atoms with E-state index in [2.05, 4.69) is 21.9 Å². The van der Waals surface area contributed by atoms with E-state index in [0.717, 1.165) is 12.8 Å². The molecule has 5 N–H and O–H groups in total. The van der Waals surface area contributed by atoms with E-state index in [4.69, 9.17) is 25.5 Å². The summed E-state index contributed by atoms with van der Waals surface area (Å²) in [5.41, 5.74) is 12.2. The number of ether oxygens (including phenoxy) is 2. The van der Waals surface area contributed by atoms with Gasteiger partial charge in [-0.1, -0.05) is 90.4 Å². The number of nitrogens with two attached hydrogens (primary N) is 2. The van der Waals surface area contributed by atoms with Gasteiger partial charge in [-0.25, -0.2) is 4.98 Å². The van der Waals surface area contributed by atoms with E-state index < -0.39 is 26.7 Å². The molecule has 0 radical (unpaired) electrons. The highest BCUT2D eigenvalue weighted by atomic mass is 31.2. The van der Waals surface area contributed by atoms with Crippen LogP contribution in [0.25, 0.3) is 11.2 Å². The Bertz CT molecular complexity index is 1010. The van der Waals surface area contributed by atoms with Crippen LogP contribution < -0.4 is 16.4 Å². The van der Waals surface area contributed by atoms with Gasteiger partial charge in [-0.3, -0.25) is 0 Å². The van der Waals surface area contributed by atoms with Gasteiger partial charge in [0.05, 0.1) is 32.2 Å². The molecule has 2 aromatic rings. The minimum atomic E-state index is -4.24. The summed E-state index contributed by atoms with van der Waals surface area (Å²) in [6.45, 7) is 3.09. The average Bonchev–Trinajstić information content (AvgIpc) is 3.34. The fraction of sp³-hybridized carbons (Fsp3) is 0.821. The van der Waals surface area contributed by atoms with Crippen molar-refractivity contribution in [2.75, 3.05) is 44.2 Å². The molecule has 0 spiro atoms. The van der Waals surface area contributed by atoms with Gasteiger partial charge in [-0.05, 0) is 12.8 Å². The van der Waals surface area contributed by atoms with Gasteiger partial charge in [0, 0.05) is 13.2 Å². The zero-order valence-electron chi connectivity index (χ0n) is 24.9. The number of unbranched alkanes of at least 4 members (excludes halogenated alkanes) is 13. The van der Waals surface area contributed by atoms with E-state index >= 15 is 0 Å². The molecule has 0 bridgehead atoms. The Morgan fingerprint density at radius 3 is 2.10 bits per heavy atom. The van der Waals surface area contributed by atoms with Gasteiger partial charge < -0.3 is 44.6 Å². The quantitative estimate of drug-likeness (QED) is 0.0998. The second kappa shape index (κ2) is 21.0. The summed E-state index contributed by atoms with van der Waals surface area (Å²) >= 11 is 0. The summed E-state index contributed by atoms with van der Waals surface area (Å²) in [6, 6.07) is 0. The zero-order chi connectivity index (χ0) is 29.8. The molecule has 0 amide bonds. The van der Waals surface area contributed by atoms with Gasteiger partial charge in [0.15, 0.2) is 19.1 Å². The number of nitrogen functional groups attached to an aromatic ring is 2. The van der Waals surface area contributed by atoms with E-state index in [9.17, 15) is 14.6 Å². The monoisotopic (exact) mass is 599 g/mol. The normalized spacial score (nSPS) is 14.0. The van der Waals surface area contributed by atoms with Crippen LogP contribution in [0.5, 0.6) is 0 Å². The van der Waals surface area contributed by atoms with E-state index in [1.54, 1.807) is 4.57 Å². The summed E-state index contributed by atoms with van der Waals surface area (Å²) in [4.78, 5) is 24.3. The van der Waals surface area contributed by atoms with Crippen LogP contribution in [0.1, 0.15) is 103 Å². The average molecular weight is 600 g/mol. The molecule has 2 rings (SSSR count). The summed E-state index contributed by atoms with van der Waals surface area (Å²) in [7, 11) is -4.24. The number of aliphatic hydroxyl groups excluding tert-OH is 1.